The van der Waals surface area contributed by atoms with E-state index < -0.39 is 0 Å². The smallest absolute Gasteiger partial charge is 0.0670 e. The Morgan fingerprint density at radius 3 is 2.55 bits per heavy atom. The third-order valence-corrected chi connectivity index (χ3v) is 3.82. The fourth-order valence-corrected chi connectivity index (χ4v) is 2.71. The van der Waals surface area contributed by atoms with E-state index in [9.17, 15) is 0 Å². The highest BCUT2D eigenvalue weighted by atomic mass is 35.5. The second kappa shape index (κ2) is 5.78. The molecule has 20 heavy (non-hydrogen) atoms. The minimum atomic E-state index is 0.749. The zero-order valence-corrected chi connectivity index (χ0v) is 12.3. The van der Waals surface area contributed by atoms with Crippen LogP contribution in [0.4, 0.5) is 5.69 Å². The van der Waals surface area contributed by atoms with E-state index in [0.717, 1.165) is 34.3 Å². The van der Waals surface area contributed by atoms with E-state index in [0.29, 0.717) is 0 Å². The molecule has 0 aliphatic heterocycles. The number of anilines is 1. The summed E-state index contributed by atoms with van der Waals surface area (Å²) < 4.78 is 2.17. The van der Waals surface area contributed by atoms with Crippen LogP contribution in [0.25, 0.3) is 10.9 Å². The van der Waals surface area contributed by atoms with Crippen molar-refractivity contribution in [3.8, 4) is 0 Å². The van der Waals surface area contributed by atoms with Crippen LogP contribution in [0.2, 0.25) is 10.0 Å². The van der Waals surface area contributed by atoms with Crippen LogP contribution in [0.5, 0.6) is 0 Å². The van der Waals surface area contributed by atoms with Crippen LogP contribution < -0.4 is 5.32 Å². The monoisotopic (exact) mass is 304 g/mol. The van der Waals surface area contributed by atoms with Crippen molar-refractivity contribution in [2.45, 2.75) is 6.54 Å². The molecule has 0 aliphatic rings. The fraction of sp³-hybridized carbons (Fsp3) is 0.125. The molecule has 4 heteroatoms. The van der Waals surface area contributed by atoms with Gasteiger partial charge in [-0.1, -0.05) is 35.3 Å². The van der Waals surface area contributed by atoms with Crippen LogP contribution in [-0.4, -0.2) is 11.1 Å². The first-order valence-corrected chi connectivity index (χ1v) is 7.22. The van der Waals surface area contributed by atoms with Crippen LogP contribution in [0.3, 0.4) is 0 Å². The van der Waals surface area contributed by atoms with Gasteiger partial charge in [-0.15, -0.1) is 0 Å². The number of benzene rings is 2. The van der Waals surface area contributed by atoms with Gasteiger partial charge < -0.3 is 9.88 Å². The third kappa shape index (κ3) is 2.77. The Bertz CT molecular complexity index is 717. The Balaban J connectivity index is 1.70. The summed E-state index contributed by atoms with van der Waals surface area (Å²) in [4.78, 5) is 0. The standard InChI is InChI=1S/C16H14Cl2N2/c17-13-4-6-14(7-5-13)19-9-11-20-10-8-12-2-1-3-15(18)16(12)20/h1-8,10,19H,9,11H2. The van der Waals surface area contributed by atoms with Crippen LogP contribution in [0.1, 0.15) is 0 Å². The highest BCUT2D eigenvalue weighted by molar-refractivity contribution is 6.35. The first-order valence-electron chi connectivity index (χ1n) is 6.47. The summed E-state index contributed by atoms with van der Waals surface area (Å²) in [7, 11) is 0. The van der Waals surface area contributed by atoms with Gasteiger partial charge in [0, 0.05) is 35.4 Å². The molecule has 0 amide bonds. The van der Waals surface area contributed by atoms with Gasteiger partial charge in [-0.3, -0.25) is 0 Å². The lowest BCUT2D eigenvalue weighted by Crippen LogP contribution is -2.09. The summed E-state index contributed by atoms with van der Waals surface area (Å²) in [6.07, 6.45) is 2.07. The number of fused-ring (bicyclic) bond motifs is 1. The van der Waals surface area contributed by atoms with E-state index in [2.05, 4.69) is 28.2 Å². The number of hydrogen-bond acceptors (Lipinski definition) is 1. The normalized spacial score (nSPS) is 10.9. The fourth-order valence-electron chi connectivity index (χ4n) is 2.29. The highest BCUT2D eigenvalue weighted by Gasteiger charge is 2.04. The first-order chi connectivity index (χ1) is 9.74. The summed E-state index contributed by atoms with van der Waals surface area (Å²) in [5.74, 6) is 0. The number of halogens is 2. The predicted octanol–water partition coefficient (Wildman–Crippen LogP) is 5.06. The van der Waals surface area contributed by atoms with Crippen molar-refractivity contribution >= 4 is 39.8 Å². The molecule has 0 spiro atoms. The molecular formula is C16H14Cl2N2. The van der Waals surface area contributed by atoms with E-state index in [1.807, 2.05) is 36.4 Å². The van der Waals surface area contributed by atoms with Crippen molar-refractivity contribution in [1.82, 2.24) is 4.57 Å². The largest absolute Gasteiger partial charge is 0.383 e. The third-order valence-electron chi connectivity index (χ3n) is 3.27. The maximum absolute atomic E-state index is 6.26. The minimum absolute atomic E-state index is 0.749. The summed E-state index contributed by atoms with van der Waals surface area (Å²) in [6, 6.07) is 15.8. The van der Waals surface area contributed by atoms with Crippen LogP contribution in [0.15, 0.2) is 54.7 Å². The average Bonchev–Trinajstić information content (AvgIpc) is 2.86. The molecule has 2 nitrogen and oxygen atoms in total. The number of para-hydroxylation sites is 1. The van der Waals surface area contributed by atoms with Crippen molar-refractivity contribution in [3.63, 3.8) is 0 Å². The quantitative estimate of drug-likeness (QED) is 0.713. The van der Waals surface area contributed by atoms with Crippen molar-refractivity contribution in [2.24, 2.45) is 0 Å². The lowest BCUT2D eigenvalue weighted by atomic mass is 10.2. The summed E-state index contributed by atoms with van der Waals surface area (Å²) in [6.45, 7) is 1.69. The average molecular weight is 305 g/mol. The maximum atomic E-state index is 6.26. The van der Waals surface area contributed by atoms with Gasteiger partial charge in [-0.05, 0) is 36.4 Å². The maximum Gasteiger partial charge on any atom is 0.0670 e. The lowest BCUT2D eigenvalue weighted by Gasteiger charge is -2.09. The van der Waals surface area contributed by atoms with E-state index in [4.69, 9.17) is 23.2 Å². The number of nitrogens with zero attached hydrogens (tertiary/aromatic N) is 1. The van der Waals surface area contributed by atoms with Gasteiger partial charge in [0.05, 0.1) is 10.5 Å². The molecule has 3 rings (SSSR count). The molecule has 3 aromatic rings. The summed E-state index contributed by atoms with van der Waals surface area (Å²) in [5.41, 5.74) is 2.16. The number of aromatic nitrogens is 1. The van der Waals surface area contributed by atoms with E-state index in [1.165, 1.54) is 5.39 Å². The molecule has 0 unspecified atom stereocenters. The Hall–Kier alpha value is -1.64. The Morgan fingerprint density at radius 1 is 0.950 bits per heavy atom. The van der Waals surface area contributed by atoms with Crippen molar-refractivity contribution in [3.05, 3.63) is 64.8 Å². The summed E-state index contributed by atoms with van der Waals surface area (Å²) >= 11 is 12.1. The first kappa shape index (κ1) is 13.3. The summed E-state index contributed by atoms with van der Waals surface area (Å²) in [5, 5.41) is 6.08. The molecule has 1 aromatic heterocycles. The van der Waals surface area contributed by atoms with E-state index in [-0.39, 0.29) is 0 Å². The number of nitrogens with one attached hydrogen (secondary N) is 1. The van der Waals surface area contributed by atoms with Gasteiger partial charge in [0.25, 0.3) is 0 Å². The number of rotatable bonds is 4. The molecule has 0 atom stereocenters. The topological polar surface area (TPSA) is 17.0 Å². The number of hydrogen-bond donors (Lipinski definition) is 1. The second-order valence-corrected chi connectivity index (χ2v) is 5.46. The molecule has 2 aromatic carbocycles. The molecule has 0 bridgehead atoms. The Labute approximate surface area is 127 Å². The molecule has 1 heterocycles. The van der Waals surface area contributed by atoms with Crippen LogP contribution in [-0.2, 0) is 6.54 Å². The zero-order valence-electron chi connectivity index (χ0n) is 10.8. The van der Waals surface area contributed by atoms with Gasteiger partial charge in [0.2, 0.25) is 0 Å². The predicted molar refractivity (Wildman–Crippen MR) is 86.9 cm³/mol. The van der Waals surface area contributed by atoms with E-state index >= 15 is 0 Å². The molecule has 0 saturated carbocycles. The molecule has 102 valence electrons. The zero-order chi connectivity index (χ0) is 13.9. The SMILES string of the molecule is Clc1ccc(NCCn2ccc3cccc(Cl)c32)cc1. The molecule has 0 radical (unpaired) electrons. The molecule has 0 saturated heterocycles. The van der Waals surface area contributed by atoms with Gasteiger partial charge >= 0.3 is 0 Å². The van der Waals surface area contributed by atoms with E-state index in [1.54, 1.807) is 0 Å². The van der Waals surface area contributed by atoms with Crippen LogP contribution >= 0.6 is 23.2 Å². The minimum Gasteiger partial charge on any atom is -0.383 e. The molecule has 0 fully saturated rings. The van der Waals surface area contributed by atoms with Crippen molar-refractivity contribution in [1.29, 1.82) is 0 Å². The highest BCUT2D eigenvalue weighted by Crippen LogP contribution is 2.24. The van der Waals surface area contributed by atoms with Crippen LogP contribution in [0, 0.1) is 0 Å². The lowest BCUT2D eigenvalue weighted by molar-refractivity contribution is 0.757. The van der Waals surface area contributed by atoms with Gasteiger partial charge in [-0.25, -0.2) is 0 Å². The van der Waals surface area contributed by atoms with Crippen molar-refractivity contribution in [2.75, 3.05) is 11.9 Å². The Morgan fingerprint density at radius 2 is 1.75 bits per heavy atom. The second-order valence-electron chi connectivity index (χ2n) is 4.62. The van der Waals surface area contributed by atoms with Gasteiger partial charge in [0.1, 0.15) is 0 Å². The van der Waals surface area contributed by atoms with Gasteiger partial charge in [0.15, 0.2) is 0 Å². The van der Waals surface area contributed by atoms with Crippen molar-refractivity contribution < 1.29 is 0 Å². The molecular weight excluding hydrogens is 291 g/mol. The van der Waals surface area contributed by atoms with Gasteiger partial charge in [-0.2, -0.15) is 0 Å². The Kier molecular flexibility index (Phi) is 3.86. The molecule has 0 aliphatic carbocycles. The molecule has 1 N–H and O–H groups in total.